The molecule has 1 aromatic rings. The van der Waals surface area contributed by atoms with E-state index in [2.05, 4.69) is 5.32 Å². The van der Waals surface area contributed by atoms with Crippen molar-refractivity contribution in [2.75, 3.05) is 7.05 Å². The Morgan fingerprint density at radius 2 is 2.12 bits per heavy atom. The number of hydrogen-bond donors (Lipinski definition) is 1. The van der Waals surface area contributed by atoms with Crippen LogP contribution < -0.4 is 5.32 Å². The SMILES string of the molecule is CNC1CCC(S(=O)c2cc(F)ccc2F)C1. The van der Waals surface area contributed by atoms with Crippen molar-refractivity contribution in [3.63, 3.8) is 0 Å². The van der Waals surface area contributed by atoms with Crippen LogP contribution in [0.25, 0.3) is 0 Å². The standard InChI is InChI=1S/C12H15F2NOS/c1-15-9-3-4-10(7-9)17(16)12-6-8(13)2-5-11(12)14/h2,5-6,9-10,15H,3-4,7H2,1H3. The zero-order valence-corrected chi connectivity index (χ0v) is 10.4. The molecule has 1 saturated carbocycles. The molecule has 1 aliphatic rings. The second-order valence-electron chi connectivity index (χ2n) is 4.29. The third kappa shape index (κ3) is 2.72. The van der Waals surface area contributed by atoms with E-state index in [0.29, 0.717) is 6.04 Å². The molecule has 17 heavy (non-hydrogen) atoms. The van der Waals surface area contributed by atoms with E-state index >= 15 is 0 Å². The van der Waals surface area contributed by atoms with Crippen molar-refractivity contribution in [1.29, 1.82) is 0 Å². The first kappa shape index (κ1) is 12.6. The third-order valence-corrected chi connectivity index (χ3v) is 4.99. The Morgan fingerprint density at radius 3 is 2.76 bits per heavy atom. The smallest absolute Gasteiger partial charge is 0.139 e. The van der Waals surface area contributed by atoms with E-state index in [1.54, 1.807) is 0 Å². The molecule has 94 valence electrons. The van der Waals surface area contributed by atoms with Crippen molar-refractivity contribution in [1.82, 2.24) is 5.32 Å². The summed E-state index contributed by atoms with van der Waals surface area (Å²) in [4.78, 5) is -0.00764. The van der Waals surface area contributed by atoms with Crippen LogP contribution in [0.3, 0.4) is 0 Å². The van der Waals surface area contributed by atoms with E-state index < -0.39 is 22.4 Å². The molecule has 0 spiro atoms. The molecule has 0 radical (unpaired) electrons. The fourth-order valence-electron chi connectivity index (χ4n) is 2.21. The molecular formula is C12H15F2NOS. The molecule has 0 amide bonds. The zero-order valence-electron chi connectivity index (χ0n) is 9.58. The summed E-state index contributed by atoms with van der Waals surface area (Å²) in [6.07, 6.45) is 2.47. The van der Waals surface area contributed by atoms with Gasteiger partial charge in [0.15, 0.2) is 0 Å². The first-order chi connectivity index (χ1) is 8.11. The van der Waals surface area contributed by atoms with Crippen molar-refractivity contribution in [3.05, 3.63) is 29.8 Å². The van der Waals surface area contributed by atoms with Crippen molar-refractivity contribution < 1.29 is 13.0 Å². The Hall–Kier alpha value is -0.810. The Balaban J connectivity index is 2.17. The predicted molar refractivity (Wildman–Crippen MR) is 63.3 cm³/mol. The Kier molecular flexibility index (Phi) is 3.89. The fourth-order valence-corrected chi connectivity index (χ4v) is 3.81. The second kappa shape index (κ2) is 5.23. The summed E-state index contributed by atoms with van der Waals surface area (Å²) in [5.41, 5.74) is 0. The largest absolute Gasteiger partial charge is 0.317 e. The van der Waals surface area contributed by atoms with Gasteiger partial charge in [0.1, 0.15) is 11.6 Å². The van der Waals surface area contributed by atoms with Gasteiger partial charge in [-0.15, -0.1) is 0 Å². The topological polar surface area (TPSA) is 29.1 Å². The average Bonchev–Trinajstić information content (AvgIpc) is 2.80. The van der Waals surface area contributed by atoms with Crippen molar-refractivity contribution in [3.8, 4) is 0 Å². The normalized spacial score (nSPS) is 26.1. The summed E-state index contributed by atoms with van der Waals surface area (Å²) in [5.74, 6) is -1.13. The lowest BCUT2D eigenvalue weighted by atomic mass is 10.3. The van der Waals surface area contributed by atoms with E-state index in [4.69, 9.17) is 0 Å². The number of benzene rings is 1. The van der Waals surface area contributed by atoms with Crippen LogP contribution in [0.2, 0.25) is 0 Å². The lowest BCUT2D eigenvalue weighted by Crippen LogP contribution is -2.23. The first-order valence-electron chi connectivity index (χ1n) is 5.64. The first-order valence-corrected chi connectivity index (χ1v) is 6.86. The lowest BCUT2D eigenvalue weighted by molar-refractivity contribution is 0.567. The number of halogens is 2. The van der Waals surface area contributed by atoms with Crippen LogP contribution in [-0.4, -0.2) is 22.5 Å². The summed E-state index contributed by atoms with van der Waals surface area (Å²) in [5, 5.41) is 3.04. The van der Waals surface area contributed by atoms with Gasteiger partial charge in [0.05, 0.1) is 15.7 Å². The average molecular weight is 259 g/mol. The number of nitrogens with one attached hydrogen (secondary N) is 1. The van der Waals surface area contributed by atoms with Crippen LogP contribution in [0.5, 0.6) is 0 Å². The Bertz CT molecular complexity index is 439. The Labute approximate surface area is 102 Å². The van der Waals surface area contributed by atoms with E-state index in [0.717, 1.165) is 37.5 Å². The summed E-state index contributed by atoms with van der Waals surface area (Å²) < 4.78 is 38.7. The lowest BCUT2D eigenvalue weighted by Gasteiger charge is -2.11. The van der Waals surface area contributed by atoms with Crippen LogP contribution in [0, 0.1) is 11.6 Å². The number of rotatable bonds is 3. The molecule has 1 N–H and O–H groups in total. The molecular weight excluding hydrogens is 244 g/mol. The van der Waals surface area contributed by atoms with Gasteiger partial charge < -0.3 is 5.32 Å². The van der Waals surface area contributed by atoms with Crippen molar-refractivity contribution >= 4 is 10.8 Å². The summed E-state index contributed by atoms with van der Waals surface area (Å²) in [6, 6.07) is 3.45. The molecule has 2 nitrogen and oxygen atoms in total. The van der Waals surface area contributed by atoms with Crippen LogP contribution in [0.4, 0.5) is 8.78 Å². The van der Waals surface area contributed by atoms with Gasteiger partial charge in [-0.1, -0.05) is 0 Å². The minimum Gasteiger partial charge on any atom is -0.317 e. The van der Waals surface area contributed by atoms with Crippen LogP contribution in [-0.2, 0) is 10.8 Å². The molecule has 5 heteroatoms. The van der Waals surface area contributed by atoms with Crippen molar-refractivity contribution in [2.45, 2.75) is 35.4 Å². The summed E-state index contributed by atoms with van der Waals surface area (Å²) in [7, 11) is 0.402. The summed E-state index contributed by atoms with van der Waals surface area (Å²) >= 11 is 0. The van der Waals surface area contributed by atoms with Crippen LogP contribution in [0.1, 0.15) is 19.3 Å². The minimum absolute atomic E-state index is 0.00764. The summed E-state index contributed by atoms with van der Waals surface area (Å²) in [6.45, 7) is 0. The van der Waals surface area contributed by atoms with Gasteiger partial charge >= 0.3 is 0 Å². The molecule has 1 fully saturated rings. The maximum absolute atomic E-state index is 13.5. The molecule has 0 bridgehead atoms. The highest BCUT2D eigenvalue weighted by Gasteiger charge is 2.30. The van der Waals surface area contributed by atoms with Gasteiger partial charge in [-0.25, -0.2) is 8.78 Å². The monoisotopic (exact) mass is 259 g/mol. The maximum atomic E-state index is 13.5. The predicted octanol–water partition coefficient (Wildman–Crippen LogP) is 2.21. The quantitative estimate of drug-likeness (QED) is 0.901. The molecule has 0 aromatic heterocycles. The van der Waals surface area contributed by atoms with Crippen LogP contribution >= 0.6 is 0 Å². The maximum Gasteiger partial charge on any atom is 0.139 e. The third-order valence-electron chi connectivity index (χ3n) is 3.21. The van der Waals surface area contributed by atoms with E-state index in [1.807, 2.05) is 7.05 Å². The van der Waals surface area contributed by atoms with Crippen LogP contribution in [0.15, 0.2) is 23.1 Å². The van der Waals surface area contributed by atoms with Gasteiger partial charge in [0, 0.05) is 11.3 Å². The zero-order chi connectivity index (χ0) is 12.4. The molecule has 0 aliphatic heterocycles. The van der Waals surface area contributed by atoms with Gasteiger partial charge in [0.25, 0.3) is 0 Å². The Morgan fingerprint density at radius 1 is 1.35 bits per heavy atom. The van der Waals surface area contributed by atoms with E-state index in [9.17, 15) is 13.0 Å². The fraction of sp³-hybridized carbons (Fsp3) is 0.500. The second-order valence-corrected chi connectivity index (χ2v) is 5.99. The minimum atomic E-state index is -1.46. The highest BCUT2D eigenvalue weighted by atomic mass is 32.2. The molecule has 3 unspecified atom stereocenters. The van der Waals surface area contributed by atoms with Gasteiger partial charge in [-0.05, 0) is 44.5 Å². The van der Waals surface area contributed by atoms with E-state index in [-0.39, 0.29) is 10.1 Å². The highest BCUT2D eigenvalue weighted by Crippen LogP contribution is 2.28. The van der Waals surface area contributed by atoms with E-state index in [1.165, 1.54) is 0 Å². The van der Waals surface area contributed by atoms with Gasteiger partial charge in [0.2, 0.25) is 0 Å². The number of hydrogen-bond acceptors (Lipinski definition) is 2. The van der Waals surface area contributed by atoms with Crippen molar-refractivity contribution in [2.24, 2.45) is 0 Å². The molecule has 1 aromatic carbocycles. The molecule has 0 saturated heterocycles. The highest BCUT2D eigenvalue weighted by molar-refractivity contribution is 7.85. The van der Waals surface area contributed by atoms with Gasteiger partial charge in [-0.3, -0.25) is 4.21 Å². The molecule has 2 rings (SSSR count). The van der Waals surface area contributed by atoms with Gasteiger partial charge in [-0.2, -0.15) is 0 Å². The molecule has 3 atom stereocenters. The molecule has 1 aliphatic carbocycles. The molecule has 0 heterocycles.